The number of carbonyl (C=O) groups is 2. The van der Waals surface area contributed by atoms with Crippen molar-refractivity contribution >= 4 is 23.7 Å². The number of benzene rings is 1. The van der Waals surface area contributed by atoms with Gasteiger partial charge in [-0.3, -0.25) is 9.59 Å². The quantitative estimate of drug-likeness (QED) is 0.532. The molecule has 2 aromatic rings. The van der Waals surface area contributed by atoms with Gasteiger partial charge in [0.15, 0.2) is 12.1 Å². The average molecular weight is 465 g/mol. The van der Waals surface area contributed by atoms with E-state index in [1.54, 1.807) is 30.6 Å². The first-order valence-corrected chi connectivity index (χ1v) is 11.7. The van der Waals surface area contributed by atoms with Gasteiger partial charge in [-0.2, -0.15) is 0 Å². The summed E-state index contributed by atoms with van der Waals surface area (Å²) < 4.78 is 11.8. The van der Waals surface area contributed by atoms with Crippen LogP contribution in [0.2, 0.25) is 0 Å². The molecule has 4 heterocycles. The second-order valence-corrected chi connectivity index (χ2v) is 8.89. The van der Waals surface area contributed by atoms with Crippen molar-refractivity contribution in [2.75, 3.05) is 24.6 Å². The van der Waals surface area contributed by atoms with E-state index in [0.29, 0.717) is 30.3 Å². The Balaban J connectivity index is 1.19. The summed E-state index contributed by atoms with van der Waals surface area (Å²) in [5.41, 5.74) is 3.19. The number of carbonyl (C=O) groups excluding carboxylic acids is 2. The number of aromatic nitrogens is 2. The second kappa shape index (κ2) is 9.90. The number of hydroxylamine groups is 1. The van der Waals surface area contributed by atoms with Crippen molar-refractivity contribution in [3.05, 3.63) is 53.9 Å². The van der Waals surface area contributed by atoms with Crippen LogP contribution in [0.3, 0.4) is 0 Å². The fourth-order valence-electron chi connectivity index (χ4n) is 4.60. The van der Waals surface area contributed by atoms with Crippen LogP contribution in [0.1, 0.15) is 54.4 Å². The normalized spacial score (nSPS) is 21.8. The van der Waals surface area contributed by atoms with Gasteiger partial charge in [-0.05, 0) is 42.7 Å². The molecular weight excluding hydrogens is 436 g/mol. The van der Waals surface area contributed by atoms with Gasteiger partial charge in [0.05, 0.1) is 12.0 Å². The van der Waals surface area contributed by atoms with Crippen LogP contribution < -0.4 is 15.1 Å². The molecule has 1 N–H and O–H groups in total. The molecule has 3 aliphatic rings. The molecule has 3 aliphatic heterocycles. The SMILES string of the molecule is O=C(/C=C/c1ccc2c(c1)C(=O)CC1(CCN(c3ncccn3)CC1)O2)NOC1CCCCO1. The number of nitrogens with one attached hydrogen (secondary N) is 1. The first-order valence-electron chi connectivity index (χ1n) is 11.7. The van der Waals surface area contributed by atoms with Gasteiger partial charge in [0.25, 0.3) is 5.91 Å². The van der Waals surface area contributed by atoms with Crippen molar-refractivity contribution in [3.63, 3.8) is 0 Å². The molecule has 0 radical (unpaired) electrons. The van der Waals surface area contributed by atoms with Crippen LogP contribution in [0, 0.1) is 0 Å². The molecule has 2 saturated heterocycles. The summed E-state index contributed by atoms with van der Waals surface area (Å²) in [6, 6.07) is 7.22. The van der Waals surface area contributed by atoms with Gasteiger partial charge in [-0.1, -0.05) is 6.07 Å². The van der Waals surface area contributed by atoms with Gasteiger partial charge < -0.3 is 14.4 Å². The molecule has 1 amide bonds. The predicted octanol–water partition coefficient (Wildman–Crippen LogP) is 3.07. The van der Waals surface area contributed by atoms with E-state index in [1.165, 1.54) is 6.08 Å². The first kappa shape index (κ1) is 22.5. The van der Waals surface area contributed by atoms with Gasteiger partial charge in [-0.15, -0.1) is 0 Å². The first-order chi connectivity index (χ1) is 16.6. The van der Waals surface area contributed by atoms with Crippen molar-refractivity contribution in [1.29, 1.82) is 0 Å². The Labute approximate surface area is 198 Å². The summed E-state index contributed by atoms with van der Waals surface area (Å²) in [4.78, 5) is 41.1. The highest BCUT2D eigenvalue weighted by atomic mass is 16.8. The van der Waals surface area contributed by atoms with Crippen molar-refractivity contribution in [3.8, 4) is 5.75 Å². The number of piperidine rings is 1. The van der Waals surface area contributed by atoms with E-state index < -0.39 is 11.9 Å². The largest absolute Gasteiger partial charge is 0.486 e. The molecule has 0 aliphatic carbocycles. The van der Waals surface area contributed by atoms with E-state index in [9.17, 15) is 9.59 Å². The van der Waals surface area contributed by atoms with Crippen molar-refractivity contribution in [1.82, 2.24) is 15.4 Å². The number of amides is 1. The van der Waals surface area contributed by atoms with Gasteiger partial charge in [0, 0.05) is 57.4 Å². The standard InChI is InChI=1S/C25H28N4O5/c30-20-17-25(9-13-29(14-10-25)24-26-11-3-12-27-24)33-21-7-5-18(16-19(20)21)6-8-22(31)28-34-23-4-1-2-15-32-23/h3,5-8,11-12,16,23H,1-2,4,9-10,13-15,17H2,(H,28,31)/b8-6+. The van der Waals surface area contributed by atoms with Crippen LogP contribution in [0.4, 0.5) is 5.95 Å². The van der Waals surface area contributed by atoms with E-state index in [-0.39, 0.29) is 11.7 Å². The monoisotopic (exact) mass is 464 g/mol. The smallest absolute Gasteiger partial charge is 0.267 e. The van der Waals surface area contributed by atoms with E-state index in [1.807, 2.05) is 12.1 Å². The Morgan fingerprint density at radius 2 is 2.03 bits per heavy atom. The van der Waals surface area contributed by atoms with Crippen molar-refractivity contribution < 1.29 is 23.9 Å². The summed E-state index contributed by atoms with van der Waals surface area (Å²) in [5.74, 6) is 0.975. The summed E-state index contributed by atoms with van der Waals surface area (Å²) in [6.07, 6.45) is 10.7. The van der Waals surface area contributed by atoms with Crippen molar-refractivity contribution in [2.24, 2.45) is 0 Å². The lowest BCUT2D eigenvalue weighted by molar-refractivity contribution is -0.198. The number of fused-ring (bicyclic) bond motifs is 1. The highest BCUT2D eigenvalue weighted by Crippen LogP contribution is 2.40. The number of hydrogen-bond donors (Lipinski definition) is 1. The maximum Gasteiger partial charge on any atom is 0.267 e. The number of anilines is 1. The maximum atomic E-state index is 13.0. The third kappa shape index (κ3) is 5.10. The molecule has 1 aromatic heterocycles. The highest BCUT2D eigenvalue weighted by Gasteiger charge is 2.43. The maximum absolute atomic E-state index is 13.0. The van der Waals surface area contributed by atoms with Gasteiger partial charge in [0.2, 0.25) is 5.95 Å². The van der Waals surface area contributed by atoms with E-state index in [4.69, 9.17) is 14.3 Å². The third-order valence-corrected chi connectivity index (χ3v) is 6.48. The van der Waals surface area contributed by atoms with Gasteiger partial charge >= 0.3 is 0 Å². The fraction of sp³-hybridized carbons (Fsp3) is 0.440. The number of hydrogen-bond acceptors (Lipinski definition) is 8. The van der Waals surface area contributed by atoms with Crippen LogP contribution in [0.25, 0.3) is 6.08 Å². The summed E-state index contributed by atoms with van der Waals surface area (Å²) in [7, 11) is 0. The minimum Gasteiger partial charge on any atom is -0.486 e. The number of ether oxygens (including phenoxy) is 2. The van der Waals surface area contributed by atoms with Crippen LogP contribution in [-0.2, 0) is 14.4 Å². The van der Waals surface area contributed by atoms with Crippen LogP contribution in [-0.4, -0.2) is 53.2 Å². The van der Waals surface area contributed by atoms with Crippen LogP contribution in [0.5, 0.6) is 5.75 Å². The minimum absolute atomic E-state index is 0.0585. The van der Waals surface area contributed by atoms with Gasteiger partial charge in [-0.25, -0.2) is 20.3 Å². The lowest BCUT2D eigenvalue weighted by Gasteiger charge is -2.44. The topological polar surface area (TPSA) is 103 Å². The molecule has 0 bridgehead atoms. The Morgan fingerprint density at radius 3 is 2.79 bits per heavy atom. The molecule has 0 saturated carbocycles. The van der Waals surface area contributed by atoms with Crippen LogP contribution in [0.15, 0.2) is 42.7 Å². The molecule has 2 fully saturated rings. The molecule has 1 aromatic carbocycles. The molecule has 9 heteroatoms. The summed E-state index contributed by atoms with van der Waals surface area (Å²) in [6.45, 7) is 2.11. The predicted molar refractivity (Wildman–Crippen MR) is 124 cm³/mol. The lowest BCUT2D eigenvalue weighted by Crippen LogP contribution is -2.51. The molecule has 5 rings (SSSR count). The van der Waals surface area contributed by atoms with Crippen LogP contribution >= 0.6 is 0 Å². The van der Waals surface area contributed by atoms with Crippen molar-refractivity contribution in [2.45, 2.75) is 50.4 Å². The number of nitrogens with zero attached hydrogens (tertiary/aromatic N) is 3. The van der Waals surface area contributed by atoms with E-state index in [0.717, 1.165) is 50.8 Å². The zero-order valence-corrected chi connectivity index (χ0v) is 18.9. The Morgan fingerprint density at radius 1 is 1.21 bits per heavy atom. The Kier molecular flexibility index (Phi) is 6.55. The Hall–Kier alpha value is -3.30. The fourth-order valence-corrected chi connectivity index (χ4v) is 4.60. The molecule has 1 spiro atoms. The van der Waals surface area contributed by atoms with E-state index >= 15 is 0 Å². The van der Waals surface area contributed by atoms with Gasteiger partial charge in [0.1, 0.15) is 11.4 Å². The highest BCUT2D eigenvalue weighted by molar-refractivity contribution is 6.01. The summed E-state index contributed by atoms with van der Waals surface area (Å²) >= 11 is 0. The molecule has 34 heavy (non-hydrogen) atoms. The average Bonchev–Trinajstić information content (AvgIpc) is 2.88. The Bertz CT molecular complexity index is 1060. The second-order valence-electron chi connectivity index (χ2n) is 8.89. The van der Waals surface area contributed by atoms with E-state index in [2.05, 4.69) is 20.3 Å². The zero-order chi connectivity index (χ0) is 23.4. The molecule has 9 nitrogen and oxygen atoms in total. The third-order valence-electron chi connectivity index (χ3n) is 6.48. The molecule has 178 valence electrons. The summed E-state index contributed by atoms with van der Waals surface area (Å²) in [5, 5.41) is 0. The number of Topliss-reactive ketones (excluding diaryl/α,β-unsaturated/α-hetero) is 1. The lowest BCUT2D eigenvalue weighted by atomic mass is 9.82. The molecule has 1 atom stereocenters. The number of ketones is 1. The minimum atomic E-state index is -0.495. The molecular formula is C25H28N4O5. The molecule has 1 unspecified atom stereocenters. The number of rotatable bonds is 5. The zero-order valence-electron chi connectivity index (χ0n) is 18.9.